The van der Waals surface area contributed by atoms with Gasteiger partial charge in [0, 0.05) is 24.8 Å². The number of nitrogens with zero attached hydrogens (tertiary/aromatic N) is 1. The summed E-state index contributed by atoms with van der Waals surface area (Å²) in [4.78, 5) is 4.14. The van der Waals surface area contributed by atoms with Crippen molar-refractivity contribution >= 4 is 0 Å². The molecule has 1 heterocycles. The summed E-state index contributed by atoms with van der Waals surface area (Å²) in [5.74, 6) is 1.45. The van der Waals surface area contributed by atoms with Crippen LogP contribution in [0.15, 0.2) is 48.7 Å². The third kappa shape index (κ3) is 3.17. The Bertz CT molecular complexity index is 552. The molecule has 0 saturated heterocycles. The van der Waals surface area contributed by atoms with Crippen LogP contribution in [-0.4, -0.2) is 12.1 Å². The van der Waals surface area contributed by atoms with Gasteiger partial charge in [0.05, 0.1) is 7.11 Å². The first kappa shape index (κ1) is 13.1. The summed E-state index contributed by atoms with van der Waals surface area (Å²) in [6.45, 7) is 0.842. The first-order valence-corrected chi connectivity index (χ1v) is 7.14. The molecule has 0 spiro atoms. The summed E-state index contributed by atoms with van der Waals surface area (Å²) in [5, 5.41) is 3.68. The van der Waals surface area contributed by atoms with Gasteiger partial charge in [-0.3, -0.25) is 0 Å². The van der Waals surface area contributed by atoms with Crippen LogP contribution in [0.2, 0.25) is 0 Å². The molecule has 1 saturated carbocycles. The highest BCUT2D eigenvalue weighted by molar-refractivity contribution is 5.23. The maximum atomic E-state index is 5.17. The number of hydrogen-bond donors (Lipinski definition) is 1. The number of methoxy groups -OCH3 is 1. The van der Waals surface area contributed by atoms with Gasteiger partial charge in [0.25, 0.3) is 0 Å². The molecule has 1 aromatic heterocycles. The van der Waals surface area contributed by atoms with E-state index in [1.807, 2.05) is 12.1 Å². The zero-order valence-corrected chi connectivity index (χ0v) is 11.8. The van der Waals surface area contributed by atoms with Crippen LogP contribution in [0.4, 0.5) is 0 Å². The summed E-state index contributed by atoms with van der Waals surface area (Å²) in [5.41, 5.74) is 2.59. The lowest BCUT2D eigenvalue weighted by Crippen LogP contribution is -2.22. The van der Waals surface area contributed by atoms with E-state index in [0.717, 1.165) is 12.5 Å². The minimum atomic E-state index is 0.454. The maximum absolute atomic E-state index is 5.17. The minimum absolute atomic E-state index is 0.454. The molecule has 20 heavy (non-hydrogen) atoms. The van der Waals surface area contributed by atoms with Crippen LogP contribution in [0.5, 0.6) is 5.88 Å². The van der Waals surface area contributed by atoms with Crippen molar-refractivity contribution in [3.63, 3.8) is 0 Å². The maximum Gasteiger partial charge on any atom is 0.213 e. The van der Waals surface area contributed by atoms with Gasteiger partial charge in [0.1, 0.15) is 0 Å². The Kier molecular flexibility index (Phi) is 3.97. The van der Waals surface area contributed by atoms with Crippen LogP contribution in [0.25, 0.3) is 0 Å². The van der Waals surface area contributed by atoms with Gasteiger partial charge in [-0.1, -0.05) is 30.3 Å². The van der Waals surface area contributed by atoms with E-state index in [0.29, 0.717) is 11.9 Å². The Morgan fingerprint density at radius 3 is 2.75 bits per heavy atom. The van der Waals surface area contributed by atoms with Crippen LogP contribution in [0, 0.1) is 5.92 Å². The normalized spacial score (nSPS) is 15.8. The van der Waals surface area contributed by atoms with Gasteiger partial charge >= 0.3 is 0 Å². The highest BCUT2D eigenvalue weighted by atomic mass is 16.5. The van der Waals surface area contributed by atoms with Crippen LogP contribution >= 0.6 is 0 Å². The van der Waals surface area contributed by atoms with Crippen LogP contribution < -0.4 is 10.1 Å². The third-order valence-electron chi connectivity index (χ3n) is 3.79. The summed E-state index contributed by atoms with van der Waals surface area (Å²) in [7, 11) is 1.65. The molecule has 3 rings (SSSR count). The van der Waals surface area contributed by atoms with Crippen molar-refractivity contribution in [1.82, 2.24) is 10.3 Å². The van der Waals surface area contributed by atoms with Crippen LogP contribution in [-0.2, 0) is 6.54 Å². The Balaban J connectivity index is 1.68. The van der Waals surface area contributed by atoms with Gasteiger partial charge in [0.2, 0.25) is 5.88 Å². The molecule has 1 aliphatic rings. The number of benzene rings is 1. The number of aromatic nitrogens is 1. The largest absolute Gasteiger partial charge is 0.481 e. The lowest BCUT2D eigenvalue weighted by molar-refractivity contribution is 0.396. The zero-order valence-electron chi connectivity index (χ0n) is 11.8. The molecule has 1 N–H and O–H groups in total. The lowest BCUT2D eigenvalue weighted by Gasteiger charge is -2.19. The van der Waals surface area contributed by atoms with Crippen molar-refractivity contribution in [2.75, 3.05) is 7.11 Å². The second kappa shape index (κ2) is 6.06. The second-order valence-corrected chi connectivity index (χ2v) is 5.31. The average molecular weight is 268 g/mol. The standard InChI is InChI=1S/C17H20N2O/c1-20-16-11-13(9-10-18-16)12-19-17(15-7-8-15)14-5-3-2-4-6-14/h2-6,9-11,15,17,19H,7-8,12H2,1H3. The van der Waals surface area contributed by atoms with Gasteiger partial charge in [0.15, 0.2) is 0 Å². The molecule has 1 atom stereocenters. The number of ether oxygens (including phenoxy) is 1. The van der Waals surface area contributed by atoms with Crippen molar-refractivity contribution in [3.8, 4) is 5.88 Å². The number of hydrogen-bond acceptors (Lipinski definition) is 3. The Morgan fingerprint density at radius 1 is 1.25 bits per heavy atom. The first-order valence-electron chi connectivity index (χ1n) is 7.14. The summed E-state index contributed by atoms with van der Waals surface area (Å²) < 4.78 is 5.17. The summed E-state index contributed by atoms with van der Waals surface area (Å²) in [6.07, 6.45) is 4.45. The van der Waals surface area contributed by atoms with E-state index < -0.39 is 0 Å². The number of rotatable bonds is 6. The topological polar surface area (TPSA) is 34.1 Å². The molecule has 3 heteroatoms. The van der Waals surface area contributed by atoms with E-state index in [1.54, 1.807) is 13.3 Å². The molecule has 0 amide bonds. The molecule has 0 aliphatic heterocycles. The quantitative estimate of drug-likeness (QED) is 0.872. The highest BCUT2D eigenvalue weighted by Gasteiger charge is 2.31. The molecule has 2 aromatic rings. The lowest BCUT2D eigenvalue weighted by atomic mass is 10.0. The fourth-order valence-corrected chi connectivity index (χ4v) is 2.55. The molecule has 104 valence electrons. The molecule has 3 nitrogen and oxygen atoms in total. The fourth-order valence-electron chi connectivity index (χ4n) is 2.55. The van der Waals surface area contributed by atoms with Gasteiger partial charge in [-0.25, -0.2) is 4.98 Å². The van der Waals surface area contributed by atoms with Crippen molar-refractivity contribution in [2.24, 2.45) is 5.92 Å². The van der Waals surface area contributed by atoms with E-state index in [-0.39, 0.29) is 0 Å². The first-order chi connectivity index (χ1) is 9.86. The monoisotopic (exact) mass is 268 g/mol. The predicted octanol–water partition coefficient (Wildman–Crippen LogP) is 3.33. The Morgan fingerprint density at radius 2 is 2.05 bits per heavy atom. The fraction of sp³-hybridized carbons (Fsp3) is 0.353. The van der Waals surface area contributed by atoms with Crippen molar-refractivity contribution in [2.45, 2.75) is 25.4 Å². The van der Waals surface area contributed by atoms with Crippen molar-refractivity contribution in [3.05, 3.63) is 59.8 Å². The molecule has 1 fully saturated rings. The van der Waals surface area contributed by atoms with E-state index in [2.05, 4.69) is 40.6 Å². The second-order valence-electron chi connectivity index (χ2n) is 5.31. The molecule has 1 unspecified atom stereocenters. The van der Waals surface area contributed by atoms with Crippen LogP contribution in [0.1, 0.15) is 30.0 Å². The minimum Gasteiger partial charge on any atom is -0.481 e. The van der Waals surface area contributed by atoms with Crippen molar-refractivity contribution in [1.29, 1.82) is 0 Å². The van der Waals surface area contributed by atoms with Gasteiger partial charge in [-0.2, -0.15) is 0 Å². The Labute approximate surface area is 120 Å². The number of nitrogens with one attached hydrogen (secondary N) is 1. The predicted molar refractivity (Wildman–Crippen MR) is 79.5 cm³/mol. The Hall–Kier alpha value is -1.87. The van der Waals surface area contributed by atoms with E-state index in [9.17, 15) is 0 Å². The smallest absolute Gasteiger partial charge is 0.213 e. The molecule has 0 radical (unpaired) electrons. The third-order valence-corrected chi connectivity index (χ3v) is 3.79. The van der Waals surface area contributed by atoms with Crippen LogP contribution in [0.3, 0.4) is 0 Å². The molecule has 1 aliphatic carbocycles. The summed E-state index contributed by atoms with van der Waals surface area (Å²) in [6, 6.07) is 15.2. The van der Waals surface area contributed by atoms with E-state index >= 15 is 0 Å². The SMILES string of the molecule is COc1cc(CNC(c2ccccc2)C2CC2)ccn1. The molecule has 1 aromatic carbocycles. The number of pyridine rings is 1. The van der Waals surface area contributed by atoms with E-state index in [1.165, 1.54) is 24.0 Å². The van der Waals surface area contributed by atoms with E-state index in [4.69, 9.17) is 4.74 Å². The van der Waals surface area contributed by atoms with Gasteiger partial charge < -0.3 is 10.1 Å². The molecular formula is C17H20N2O. The molecular weight excluding hydrogens is 248 g/mol. The summed E-state index contributed by atoms with van der Waals surface area (Å²) >= 11 is 0. The molecule has 0 bridgehead atoms. The zero-order chi connectivity index (χ0) is 13.8. The van der Waals surface area contributed by atoms with Gasteiger partial charge in [-0.15, -0.1) is 0 Å². The van der Waals surface area contributed by atoms with Gasteiger partial charge in [-0.05, 0) is 36.0 Å². The van der Waals surface area contributed by atoms with Crippen molar-refractivity contribution < 1.29 is 4.74 Å². The highest BCUT2D eigenvalue weighted by Crippen LogP contribution is 2.41. The average Bonchev–Trinajstić information content (AvgIpc) is 3.34.